The number of likely N-dealkylation sites (N-methyl/N-ethyl adjacent to an activating group) is 1. The molecule has 0 fully saturated rings. The molecule has 20 heavy (non-hydrogen) atoms. The van der Waals surface area contributed by atoms with Crippen LogP contribution in [-0.2, 0) is 4.79 Å². The molecule has 0 bridgehead atoms. The molecule has 0 atom stereocenters. The van der Waals surface area contributed by atoms with E-state index in [0.717, 1.165) is 0 Å². The predicted octanol–water partition coefficient (Wildman–Crippen LogP) is -0.470. The summed E-state index contributed by atoms with van der Waals surface area (Å²) in [4.78, 5) is 29.3. The normalized spacial score (nSPS) is 10.3. The van der Waals surface area contributed by atoms with Crippen molar-refractivity contribution in [3.8, 4) is 5.95 Å². The number of hydrogen-bond acceptors (Lipinski definition) is 7. The molecule has 0 aliphatic rings. The van der Waals surface area contributed by atoms with Crippen LogP contribution in [-0.4, -0.2) is 55.4 Å². The van der Waals surface area contributed by atoms with E-state index in [1.54, 1.807) is 35.2 Å². The van der Waals surface area contributed by atoms with E-state index < -0.39 is 0 Å². The standard InChI is InChI=1S/C11H16N8O/c1-3-18(2)8(20)6-14-10-15-9(12)16-11(17-10)19-5-4-13-7-19/h4-5,7H,3,6H2,1-2H3,(H3,12,14,15,16,17). The number of nitrogens with two attached hydrogens (primary N) is 1. The average molecular weight is 276 g/mol. The predicted molar refractivity (Wildman–Crippen MR) is 73.2 cm³/mol. The van der Waals surface area contributed by atoms with E-state index >= 15 is 0 Å². The Labute approximate surface area is 115 Å². The number of carbonyl (C=O) groups excluding carboxylic acids is 1. The monoisotopic (exact) mass is 276 g/mol. The van der Waals surface area contributed by atoms with Crippen LogP contribution in [0.5, 0.6) is 0 Å². The number of imidazole rings is 1. The second kappa shape index (κ2) is 5.95. The minimum atomic E-state index is -0.0596. The topological polar surface area (TPSA) is 115 Å². The first-order valence-electron chi connectivity index (χ1n) is 6.08. The van der Waals surface area contributed by atoms with Crippen molar-refractivity contribution < 1.29 is 4.79 Å². The van der Waals surface area contributed by atoms with Gasteiger partial charge in [0.15, 0.2) is 0 Å². The summed E-state index contributed by atoms with van der Waals surface area (Å²) in [5.41, 5.74) is 5.63. The van der Waals surface area contributed by atoms with Crippen molar-refractivity contribution in [3.63, 3.8) is 0 Å². The molecule has 0 saturated carbocycles. The molecule has 0 aliphatic heterocycles. The minimum absolute atomic E-state index is 0.0596. The molecule has 9 heteroatoms. The molecule has 0 aliphatic carbocycles. The molecule has 0 unspecified atom stereocenters. The summed E-state index contributed by atoms with van der Waals surface area (Å²) in [7, 11) is 1.72. The Kier molecular flexibility index (Phi) is 4.08. The van der Waals surface area contributed by atoms with Crippen molar-refractivity contribution in [1.82, 2.24) is 29.4 Å². The summed E-state index contributed by atoms with van der Waals surface area (Å²) in [6.45, 7) is 2.63. The van der Waals surface area contributed by atoms with Gasteiger partial charge in [0, 0.05) is 26.0 Å². The molecule has 1 amide bonds. The van der Waals surface area contributed by atoms with Crippen molar-refractivity contribution in [3.05, 3.63) is 18.7 Å². The molecule has 0 aromatic carbocycles. The van der Waals surface area contributed by atoms with Crippen molar-refractivity contribution in [1.29, 1.82) is 0 Å². The second-order valence-electron chi connectivity index (χ2n) is 4.05. The van der Waals surface area contributed by atoms with Crippen molar-refractivity contribution in [2.45, 2.75) is 6.92 Å². The van der Waals surface area contributed by atoms with Crippen molar-refractivity contribution >= 4 is 17.8 Å². The number of nitrogen functional groups attached to an aromatic ring is 1. The maximum absolute atomic E-state index is 11.7. The summed E-state index contributed by atoms with van der Waals surface area (Å²) in [5.74, 6) is 0.603. The average Bonchev–Trinajstić information content (AvgIpc) is 2.97. The Balaban J connectivity index is 2.11. The summed E-state index contributed by atoms with van der Waals surface area (Å²) in [6.07, 6.45) is 4.84. The molecule has 3 N–H and O–H groups in total. The van der Waals surface area contributed by atoms with E-state index in [1.165, 1.54) is 0 Å². The lowest BCUT2D eigenvalue weighted by molar-refractivity contribution is -0.127. The molecule has 2 aromatic rings. The third-order valence-corrected chi connectivity index (χ3v) is 2.67. The SMILES string of the molecule is CCN(C)C(=O)CNc1nc(N)nc(-n2ccnc2)n1. The zero-order chi connectivity index (χ0) is 14.5. The highest BCUT2D eigenvalue weighted by Gasteiger charge is 2.09. The van der Waals surface area contributed by atoms with Gasteiger partial charge in [-0.15, -0.1) is 0 Å². The first-order chi connectivity index (χ1) is 9.60. The van der Waals surface area contributed by atoms with Crippen molar-refractivity contribution in [2.75, 3.05) is 31.2 Å². The van der Waals surface area contributed by atoms with Gasteiger partial charge in [-0.25, -0.2) is 4.98 Å². The van der Waals surface area contributed by atoms with Gasteiger partial charge in [0.25, 0.3) is 0 Å². The Morgan fingerprint density at radius 2 is 2.25 bits per heavy atom. The number of amides is 1. The Morgan fingerprint density at radius 1 is 1.45 bits per heavy atom. The maximum Gasteiger partial charge on any atom is 0.241 e. The van der Waals surface area contributed by atoms with Crippen LogP contribution in [0.15, 0.2) is 18.7 Å². The fourth-order valence-corrected chi connectivity index (χ4v) is 1.42. The van der Waals surface area contributed by atoms with Gasteiger partial charge in [-0.3, -0.25) is 9.36 Å². The molecule has 0 spiro atoms. The van der Waals surface area contributed by atoms with Crippen LogP contribution in [0.25, 0.3) is 5.95 Å². The number of rotatable bonds is 5. The van der Waals surface area contributed by atoms with E-state index in [0.29, 0.717) is 12.5 Å². The zero-order valence-electron chi connectivity index (χ0n) is 11.3. The molecule has 2 rings (SSSR count). The van der Waals surface area contributed by atoms with E-state index in [-0.39, 0.29) is 24.3 Å². The van der Waals surface area contributed by atoms with E-state index in [9.17, 15) is 4.79 Å². The lowest BCUT2D eigenvalue weighted by Crippen LogP contribution is -2.32. The zero-order valence-corrected chi connectivity index (χ0v) is 11.3. The van der Waals surface area contributed by atoms with Crippen LogP contribution in [0.4, 0.5) is 11.9 Å². The van der Waals surface area contributed by atoms with E-state index in [4.69, 9.17) is 5.73 Å². The molecule has 2 aromatic heterocycles. The number of nitrogens with zero attached hydrogens (tertiary/aromatic N) is 6. The smallest absolute Gasteiger partial charge is 0.241 e. The molecular formula is C11H16N8O. The van der Waals surface area contributed by atoms with Crippen LogP contribution in [0.2, 0.25) is 0 Å². The maximum atomic E-state index is 11.7. The number of aromatic nitrogens is 5. The lowest BCUT2D eigenvalue weighted by atomic mass is 10.5. The molecule has 9 nitrogen and oxygen atoms in total. The van der Waals surface area contributed by atoms with E-state index in [2.05, 4.69) is 25.3 Å². The molecule has 0 radical (unpaired) electrons. The second-order valence-corrected chi connectivity index (χ2v) is 4.05. The summed E-state index contributed by atoms with van der Waals surface area (Å²) < 4.78 is 1.60. The number of anilines is 2. The first-order valence-corrected chi connectivity index (χ1v) is 6.08. The van der Waals surface area contributed by atoms with Gasteiger partial charge in [0.1, 0.15) is 6.33 Å². The Hall–Kier alpha value is -2.71. The third-order valence-electron chi connectivity index (χ3n) is 2.67. The summed E-state index contributed by atoms with van der Waals surface area (Å²) in [6, 6.07) is 0. The van der Waals surface area contributed by atoms with Gasteiger partial charge in [0.05, 0.1) is 6.54 Å². The fourth-order valence-electron chi connectivity index (χ4n) is 1.42. The largest absolute Gasteiger partial charge is 0.368 e. The number of hydrogen-bond donors (Lipinski definition) is 2. The number of carbonyl (C=O) groups is 1. The Morgan fingerprint density at radius 3 is 2.90 bits per heavy atom. The van der Waals surface area contributed by atoms with Gasteiger partial charge >= 0.3 is 0 Å². The van der Waals surface area contributed by atoms with Gasteiger partial charge in [0.2, 0.25) is 23.8 Å². The summed E-state index contributed by atoms with van der Waals surface area (Å²) in [5, 5.41) is 2.84. The van der Waals surface area contributed by atoms with Crippen LogP contribution in [0, 0.1) is 0 Å². The third kappa shape index (κ3) is 3.19. The molecule has 106 valence electrons. The number of nitrogens with one attached hydrogen (secondary N) is 1. The first kappa shape index (κ1) is 13.7. The van der Waals surface area contributed by atoms with Gasteiger partial charge in [-0.2, -0.15) is 15.0 Å². The van der Waals surface area contributed by atoms with Crippen LogP contribution >= 0.6 is 0 Å². The lowest BCUT2D eigenvalue weighted by Gasteiger charge is -2.14. The Bertz CT molecular complexity index is 582. The highest BCUT2D eigenvalue weighted by Crippen LogP contribution is 2.06. The van der Waals surface area contributed by atoms with Crippen LogP contribution in [0.3, 0.4) is 0 Å². The van der Waals surface area contributed by atoms with Crippen LogP contribution in [0.1, 0.15) is 6.92 Å². The fraction of sp³-hybridized carbons (Fsp3) is 0.364. The molecule has 2 heterocycles. The van der Waals surface area contributed by atoms with E-state index in [1.807, 2.05) is 6.92 Å². The van der Waals surface area contributed by atoms with Gasteiger partial charge in [-0.1, -0.05) is 0 Å². The minimum Gasteiger partial charge on any atom is -0.368 e. The van der Waals surface area contributed by atoms with Crippen LogP contribution < -0.4 is 11.1 Å². The summed E-state index contributed by atoms with van der Waals surface area (Å²) >= 11 is 0. The van der Waals surface area contributed by atoms with Gasteiger partial charge < -0.3 is 16.0 Å². The highest BCUT2D eigenvalue weighted by atomic mass is 16.2. The highest BCUT2D eigenvalue weighted by molar-refractivity contribution is 5.80. The van der Waals surface area contributed by atoms with Crippen molar-refractivity contribution in [2.24, 2.45) is 0 Å². The molecule has 0 saturated heterocycles. The van der Waals surface area contributed by atoms with Gasteiger partial charge in [-0.05, 0) is 6.92 Å². The quantitative estimate of drug-likeness (QED) is 0.758. The molecular weight excluding hydrogens is 260 g/mol.